The minimum absolute atomic E-state index is 0.0637. The van der Waals surface area contributed by atoms with Gasteiger partial charge in [-0.2, -0.15) is 0 Å². The minimum atomic E-state index is -0.716. The number of amides is 2. The zero-order valence-electron chi connectivity index (χ0n) is 18.1. The fraction of sp³-hybridized carbons (Fsp3) is 0.375. The number of nitrogens with one attached hydrogen (secondary N) is 2. The number of rotatable bonds is 4. The second kappa shape index (κ2) is 9.31. The number of anilines is 1. The molecule has 31 heavy (non-hydrogen) atoms. The summed E-state index contributed by atoms with van der Waals surface area (Å²) in [6, 6.07) is 15.6. The molecule has 2 aliphatic heterocycles. The third kappa shape index (κ3) is 5.30. The number of nitrogens with zero attached hydrogens (tertiary/aromatic N) is 3. The number of carbonyl (C=O) groups excluding carboxylic acids is 2. The van der Waals surface area contributed by atoms with Gasteiger partial charge in [-0.05, 0) is 31.0 Å². The van der Waals surface area contributed by atoms with Crippen LogP contribution in [0, 0.1) is 13.8 Å². The Hall–Kier alpha value is -3.19. The summed E-state index contributed by atoms with van der Waals surface area (Å²) in [5, 5.41) is 5.79. The molecule has 162 valence electrons. The molecule has 1 saturated heterocycles. The van der Waals surface area contributed by atoms with Crippen molar-refractivity contribution in [1.29, 1.82) is 0 Å². The summed E-state index contributed by atoms with van der Waals surface area (Å²) in [7, 11) is 0. The van der Waals surface area contributed by atoms with Gasteiger partial charge in [0.15, 0.2) is 0 Å². The van der Waals surface area contributed by atoms with E-state index in [4.69, 9.17) is 0 Å². The first kappa shape index (κ1) is 21.1. The number of aryl methyl sites for hydroxylation is 2. The second-order valence-corrected chi connectivity index (χ2v) is 8.28. The van der Waals surface area contributed by atoms with E-state index in [0.29, 0.717) is 5.96 Å². The summed E-state index contributed by atoms with van der Waals surface area (Å²) in [5.74, 6) is 0.0934. The van der Waals surface area contributed by atoms with Crippen LogP contribution in [-0.2, 0) is 16.1 Å². The molecule has 0 unspecified atom stereocenters. The smallest absolute Gasteiger partial charge is 0.249 e. The Morgan fingerprint density at radius 2 is 1.84 bits per heavy atom. The van der Waals surface area contributed by atoms with E-state index in [1.54, 1.807) is 0 Å². The van der Waals surface area contributed by atoms with Crippen LogP contribution in [0.1, 0.15) is 23.1 Å². The molecule has 2 aliphatic rings. The average molecular weight is 420 g/mol. The van der Waals surface area contributed by atoms with Gasteiger partial charge < -0.3 is 10.2 Å². The van der Waals surface area contributed by atoms with Gasteiger partial charge in [0.05, 0.1) is 6.42 Å². The SMILES string of the molecule is Cc1ccc(NC(=O)[C@H]2CC(=O)NC(N3CCN(Cc4ccccc4)CC3)=N2)c(C)c1. The molecule has 2 amide bonds. The molecule has 7 heteroatoms. The minimum Gasteiger partial charge on any atom is -0.340 e. The van der Waals surface area contributed by atoms with Crippen LogP contribution in [0.3, 0.4) is 0 Å². The lowest BCUT2D eigenvalue weighted by molar-refractivity contribution is -0.125. The largest absolute Gasteiger partial charge is 0.340 e. The molecule has 2 N–H and O–H groups in total. The maximum Gasteiger partial charge on any atom is 0.249 e. The summed E-state index contributed by atoms with van der Waals surface area (Å²) >= 11 is 0. The summed E-state index contributed by atoms with van der Waals surface area (Å²) in [6.07, 6.45) is 0.0637. The lowest BCUT2D eigenvalue weighted by atomic mass is 10.1. The van der Waals surface area contributed by atoms with E-state index in [9.17, 15) is 9.59 Å². The first-order valence-electron chi connectivity index (χ1n) is 10.7. The summed E-state index contributed by atoms with van der Waals surface area (Å²) in [4.78, 5) is 34.1. The molecular formula is C24H29N5O2. The van der Waals surface area contributed by atoms with Gasteiger partial charge in [0.1, 0.15) is 6.04 Å². The molecule has 0 spiro atoms. The summed E-state index contributed by atoms with van der Waals surface area (Å²) in [5.41, 5.74) is 4.18. The highest BCUT2D eigenvalue weighted by atomic mass is 16.2. The number of benzene rings is 2. The highest BCUT2D eigenvalue weighted by Gasteiger charge is 2.30. The van der Waals surface area contributed by atoms with Gasteiger partial charge in [0.2, 0.25) is 17.8 Å². The lowest BCUT2D eigenvalue weighted by Gasteiger charge is -2.37. The molecule has 4 rings (SSSR count). The topological polar surface area (TPSA) is 77.0 Å². The molecule has 1 atom stereocenters. The third-order valence-corrected chi connectivity index (χ3v) is 5.77. The van der Waals surface area contributed by atoms with Crippen LogP contribution < -0.4 is 10.6 Å². The number of hydrogen-bond acceptors (Lipinski definition) is 5. The van der Waals surface area contributed by atoms with Gasteiger partial charge in [-0.15, -0.1) is 0 Å². The van der Waals surface area contributed by atoms with Gasteiger partial charge in [-0.3, -0.25) is 19.8 Å². The van der Waals surface area contributed by atoms with E-state index in [2.05, 4.69) is 49.7 Å². The van der Waals surface area contributed by atoms with Crippen molar-refractivity contribution in [2.24, 2.45) is 4.99 Å². The predicted molar refractivity (Wildman–Crippen MR) is 122 cm³/mol. The normalized spacial score (nSPS) is 19.5. The van der Waals surface area contributed by atoms with Gasteiger partial charge >= 0.3 is 0 Å². The molecule has 0 aromatic heterocycles. The van der Waals surface area contributed by atoms with E-state index < -0.39 is 6.04 Å². The molecule has 2 heterocycles. The van der Waals surface area contributed by atoms with Crippen LogP contribution in [0.2, 0.25) is 0 Å². The molecule has 2 aromatic rings. The van der Waals surface area contributed by atoms with Crippen molar-refractivity contribution in [2.45, 2.75) is 32.9 Å². The number of piperazine rings is 1. The van der Waals surface area contributed by atoms with Crippen LogP contribution >= 0.6 is 0 Å². The van der Waals surface area contributed by atoms with Crippen molar-refractivity contribution in [2.75, 3.05) is 31.5 Å². The molecule has 0 saturated carbocycles. The average Bonchev–Trinajstić information content (AvgIpc) is 2.76. The fourth-order valence-corrected chi connectivity index (χ4v) is 4.02. The number of aliphatic imine (C=N–C) groups is 1. The number of guanidine groups is 1. The Bertz CT molecular complexity index is 981. The van der Waals surface area contributed by atoms with Crippen LogP contribution in [0.25, 0.3) is 0 Å². The van der Waals surface area contributed by atoms with Crippen LogP contribution in [0.4, 0.5) is 5.69 Å². The second-order valence-electron chi connectivity index (χ2n) is 8.28. The highest BCUT2D eigenvalue weighted by Crippen LogP contribution is 2.18. The highest BCUT2D eigenvalue weighted by molar-refractivity contribution is 6.06. The molecule has 1 fully saturated rings. The summed E-state index contributed by atoms with van der Waals surface area (Å²) in [6.45, 7) is 8.16. The van der Waals surface area contributed by atoms with Gasteiger partial charge in [-0.1, -0.05) is 48.0 Å². The van der Waals surface area contributed by atoms with Gasteiger partial charge in [-0.25, -0.2) is 4.99 Å². The monoisotopic (exact) mass is 419 g/mol. The van der Waals surface area contributed by atoms with Crippen molar-refractivity contribution in [3.8, 4) is 0 Å². The number of carbonyl (C=O) groups is 2. The number of hydrogen-bond donors (Lipinski definition) is 2. The Labute approximate surface area is 183 Å². The van der Waals surface area contributed by atoms with Gasteiger partial charge in [0, 0.05) is 38.4 Å². The maximum absolute atomic E-state index is 12.8. The van der Waals surface area contributed by atoms with Crippen LogP contribution in [0.15, 0.2) is 53.5 Å². The molecule has 2 aromatic carbocycles. The van der Waals surface area contributed by atoms with Crippen molar-refractivity contribution < 1.29 is 9.59 Å². The van der Waals surface area contributed by atoms with E-state index in [0.717, 1.165) is 49.5 Å². The fourth-order valence-electron chi connectivity index (χ4n) is 4.02. The van der Waals surface area contributed by atoms with Gasteiger partial charge in [0.25, 0.3) is 0 Å². The molecule has 0 aliphatic carbocycles. The maximum atomic E-state index is 12.8. The Balaban J connectivity index is 1.38. The standard InChI is InChI=1S/C24H29N5O2/c1-17-8-9-20(18(2)14-17)25-23(31)21-15-22(30)27-24(26-21)29-12-10-28(11-13-29)16-19-6-4-3-5-7-19/h3-9,14,21H,10-13,15-16H2,1-2H3,(H,25,31)(H,26,27,30)/t21-/m1/s1. The predicted octanol–water partition coefficient (Wildman–Crippen LogP) is 2.30. The van der Waals surface area contributed by atoms with E-state index in [1.165, 1.54) is 5.56 Å². The van der Waals surface area contributed by atoms with Crippen LogP contribution in [-0.4, -0.2) is 59.8 Å². The quantitative estimate of drug-likeness (QED) is 0.797. The molecule has 0 radical (unpaired) electrons. The zero-order chi connectivity index (χ0) is 21.8. The molecule has 0 bridgehead atoms. The van der Waals surface area contributed by atoms with E-state index >= 15 is 0 Å². The first-order chi connectivity index (χ1) is 15.0. The van der Waals surface area contributed by atoms with E-state index in [1.807, 2.05) is 38.1 Å². The van der Waals surface area contributed by atoms with Crippen LogP contribution in [0.5, 0.6) is 0 Å². The van der Waals surface area contributed by atoms with Crippen molar-refractivity contribution in [3.63, 3.8) is 0 Å². The summed E-state index contributed by atoms with van der Waals surface area (Å²) < 4.78 is 0. The Morgan fingerprint density at radius 3 is 2.55 bits per heavy atom. The van der Waals surface area contributed by atoms with Crippen molar-refractivity contribution >= 4 is 23.5 Å². The first-order valence-corrected chi connectivity index (χ1v) is 10.7. The molecular weight excluding hydrogens is 390 g/mol. The lowest BCUT2D eigenvalue weighted by Crippen LogP contribution is -2.56. The zero-order valence-corrected chi connectivity index (χ0v) is 18.1. The van der Waals surface area contributed by atoms with E-state index in [-0.39, 0.29) is 18.2 Å². The third-order valence-electron chi connectivity index (χ3n) is 5.77. The van der Waals surface area contributed by atoms with Crippen molar-refractivity contribution in [3.05, 3.63) is 65.2 Å². The van der Waals surface area contributed by atoms with Crippen molar-refractivity contribution in [1.82, 2.24) is 15.1 Å². The molecule has 7 nitrogen and oxygen atoms in total. The Morgan fingerprint density at radius 1 is 1.10 bits per heavy atom. The Kier molecular flexibility index (Phi) is 6.32.